The van der Waals surface area contributed by atoms with Gasteiger partial charge in [-0.25, -0.2) is 5.43 Å². The van der Waals surface area contributed by atoms with Crippen LogP contribution in [0.25, 0.3) is 0 Å². The lowest BCUT2D eigenvalue weighted by Gasteiger charge is -2.29. The second-order valence-corrected chi connectivity index (χ2v) is 8.57. The van der Waals surface area contributed by atoms with Gasteiger partial charge >= 0.3 is 0 Å². The van der Waals surface area contributed by atoms with E-state index in [1.165, 1.54) is 5.70 Å². The lowest BCUT2D eigenvalue weighted by Crippen LogP contribution is -2.44. The number of aromatic nitrogens is 3. The fourth-order valence-electron chi connectivity index (χ4n) is 3.49. The van der Waals surface area contributed by atoms with Crippen molar-refractivity contribution in [2.24, 2.45) is 5.92 Å². The SMILES string of the molecule is CC(C)C1=CC(Nc2cc(N3CCNCC3)nc(NCc3cc(C(C)C)no3)n2)NN1. The number of anilines is 3. The molecule has 0 radical (unpaired) electrons. The van der Waals surface area contributed by atoms with Gasteiger partial charge in [0, 0.05) is 44.0 Å². The Kier molecular flexibility index (Phi) is 6.57. The third-order valence-electron chi connectivity index (χ3n) is 5.39. The molecule has 0 bridgehead atoms. The molecule has 0 spiro atoms. The van der Waals surface area contributed by atoms with Gasteiger partial charge in [-0.3, -0.25) is 0 Å². The standard InChI is InChI=1S/C21H33N9O/c1-13(2)16-10-19(28-27-16)24-18-11-20(30-7-5-22-6-8-30)26-21(25-18)23-12-15-9-17(14(3)4)29-31-15/h9-11,13-14,19,22,27-28H,5-8,12H2,1-4H3,(H2,23,24,25,26). The Bertz CT molecular complexity index is 902. The van der Waals surface area contributed by atoms with E-state index in [2.05, 4.69) is 75.6 Å². The molecule has 5 N–H and O–H groups in total. The molecule has 0 amide bonds. The van der Waals surface area contributed by atoms with Crippen molar-refractivity contribution in [3.05, 3.63) is 35.4 Å². The Labute approximate surface area is 183 Å². The monoisotopic (exact) mass is 427 g/mol. The van der Waals surface area contributed by atoms with Crippen molar-refractivity contribution in [3.63, 3.8) is 0 Å². The molecule has 2 aromatic rings. The maximum absolute atomic E-state index is 5.44. The number of rotatable bonds is 8. The van der Waals surface area contributed by atoms with Crippen molar-refractivity contribution in [1.29, 1.82) is 0 Å². The van der Waals surface area contributed by atoms with E-state index < -0.39 is 0 Å². The Hall–Kier alpha value is -2.85. The molecule has 2 aliphatic heterocycles. The Morgan fingerprint density at radius 3 is 2.61 bits per heavy atom. The van der Waals surface area contributed by atoms with E-state index in [4.69, 9.17) is 9.51 Å². The van der Waals surface area contributed by atoms with Crippen LogP contribution in [0.15, 0.2) is 28.4 Å². The first-order valence-corrected chi connectivity index (χ1v) is 11.0. The van der Waals surface area contributed by atoms with Crippen molar-refractivity contribution >= 4 is 17.6 Å². The Balaban J connectivity index is 1.51. The van der Waals surface area contributed by atoms with E-state index in [1.54, 1.807) is 0 Å². The van der Waals surface area contributed by atoms with Gasteiger partial charge in [-0.05, 0) is 17.9 Å². The average Bonchev–Trinajstić information content (AvgIpc) is 3.43. The molecule has 2 aliphatic rings. The summed E-state index contributed by atoms with van der Waals surface area (Å²) in [6.45, 7) is 12.7. The number of piperazine rings is 1. The van der Waals surface area contributed by atoms with Gasteiger partial charge in [0.2, 0.25) is 5.95 Å². The summed E-state index contributed by atoms with van der Waals surface area (Å²) < 4.78 is 5.44. The first-order chi connectivity index (χ1) is 15.0. The molecule has 4 rings (SSSR count). The van der Waals surface area contributed by atoms with E-state index in [0.29, 0.717) is 24.3 Å². The molecule has 4 heterocycles. The van der Waals surface area contributed by atoms with E-state index in [0.717, 1.165) is 49.3 Å². The minimum Gasteiger partial charge on any atom is -0.359 e. The minimum atomic E-state index is -0.0427. The molecular formula is C21H33N9O. The van der Waals surface area contributed by atoms with E-state index in [1.807, 2.05) is 12.1 Å². The molecule has 0 aromatic carbocycles. The topological polar surface area (TPSA) is 115 Å². The van der Waals surface area contributed by atoms with Crippen LogP contribution in [0.1, 0.15) is 45.1 Å². The van der Waals surface area contributed by atoms with Crippen LogP contribution in [0.5, 0.6) is 0 Å². The van der Waals surface area contributed by atoms with Crippen LogP contribution in [-0.2, 0) is 6.54 Å². The summed E-state index contributed by atoms with van der Waals surface area (Å²) in [5.41, 5.74) is 8.59. The summed E-state index contributed by atoms with van der Waals surface area (Å²) in [5.74, 6) is 3.74. The number of nitrogens with one attached hydrogen (secondary N) is 5. The molecular weight excluding hydrogens is 394 g/mol. The lowest BCUT2D eigenvalue weighted by molar-refractivity contribution is 0.379. The number of hydrogen-bond donors (Lipinski definition) is 5. The van der Waals surface area contributed by atoms with Gasteiger partial charge in [0.15, 0.2) is 5.76 Å². The molecule has 1 unspecified atom stereocenters. The molecule has 1 fully saturated rings. The lowest BCUT2D eigenvalue weighted by atomic mass is 10.1. The quantitative estimate of drug-likeness (QED) is 0.428. The summed E-state index contributed by atoms with van der Waals surface area (Å²) in [6, 6.07) is 3.98. The van der Waals surface area contributed by atoms with Gasteiger partial charge in [0.05, 0.1) is 12.2 Å². The average molecular weight is 428 g/mol. The Morgan fingerprint density at radius 1 is 1.13 bits per heavy atom. The predicted molar refractivity (Wildman–Crippen MR) is 122 cm³/mol. The van der Waals surface area contributed by atoms with Gasteiger partial charge in [0.25, 0.3) is 0 Å². The van der Waals surface area contributed by atoms with E-state index >= 15 is 0 Å². The zero-order valence-corrected chi connectivity index (χ0v) is 18.7. The maximum atomic E-state index is 5.44. The van der Waals surface area contributed by atoms with Gasteiger partial charge in [-0.15, -0.1) is 0 Å². The molecule has 0 aliphatic carbocycles. The van der Waals surface area contributed by atoms with E-state index in [9.17, 15) is 0 Å². The molecule has 1 saturated heterocycles. The molecule has 1 atom stereocenters. The zero-order chi connectivity index (χ0) is 21.8. The fraction of sp³-hybridized carbons (Fsp3) is 0.571. The molecule has 168 valence electrons. The smallest absolute Gasteiger partial charge is 0.226 e. The summed E-state index contributed by atoms with van der Waals surface area (Å²) >= 11 is 0. The number of allylic oxidation sites excluding steroid dienone is 1. The zero-order valence-electron chi connectivity index (χ0n) is 18.7. The van der Waals surface area contributed by atoms with Crippen molar-refractivity contribution in [2.45, 2.75) is 46.3 Å². The van der Waals surface area contributed by atoms with Crippen molar-refractivity contribution < 1.29 is 4.52 Å². The molecule has 10 nitrogen and oxygen atoms in total. The third kappa shape index (κ3) is 5.45. The highest BCUT2D eigenvalue weighted by molar-refractivity contribution is 5.55. The van der Waals surface area contributed by atoms with Gasteiger partial charge in [-0.2, -0.15) is 9.97 Å². The van der Waals surface area contributed by atoms with Crippen LogP contribution in [-0.4, -0.2) is 47.5 Å². The number of hydrazine groups is 1. The van der Waals surface area contributed by atoms with Crippen LogP contribution >= 0.6 is 0 Å². The third-order valence-corrected chi connectivity index (χ3v) is 5.39. The first-order valence-electron chi connectivity index (χ1n) is 11.0. The van der Waals surface area contributed by atoms with E-state index in [-0.39, 0.29) is 6.17 Å². The van der Waals surface area contributed by atoms with Crippen molar-refractivity contribution in [3.8, 4) is 0 Å². The van der Waals surface area contributed by atoms with Crippen molar-refractivity contribution in [1.82, 2.24) is 31.3 Å². The molecule has 0 saturated carbocycles. The fourth-order valence-corrected chi connectivity index (χ4v) is 3.49. The highest BCUT2D eigenvalue weighted by Gasteiger charge is 2.19. The molecule has 10 heteroatoms. The Morgan fingerprint density at radius 2 is 1.94 bits per heavy atom. The predicted octanol–water partition coefficient (Wildman–Crippen LogP) is 2.00. The van der Waals surface area contributed by atoms with Gasteiger partial charge in [-0.1, -0.05) is 32.9 Å². The second kappa shape index (κ2) is 9.52. The minimum absolute atomic E-state index is 0.0427. The molecule has 2 aromatic heterocycles. The van der Waals surface area contributed by atoms with Crippen LogP contribution in [0, 0.1) is 5.92 Å². The van der Waals surface area contributed by atoms with Crippen LogP contribution in [0.3, 0.4) is 0 Å². The highest BCUT2D eigenvalue weighted by Crippen LogP contribution is 2.21. The van der Waals surface area contributed by atoms with Crippen molar-refractivity contribution in [2.75, 3.05) is 41.7 Å². The summed E-state index contributed by atoms with van der Waals surface area (Å²) in [5, 5.41) is 14.2. The first kappa shape index (κ1) is 21.4. The summed E-state index contributed by atoms with van der Waals surface area (Å²) in [7, 11) is 0. The highest BCUT2D eigenvalue weighted by atomic mass is 16.5. The van der Waals surface area contributed by atoms with Crippen LogP contribution < -0.4 is 31.7 Å². The van der Waals surface area contributed by atoms with Gasteiger partial charge < -0.3 is 30.8 Å². The number of hydrogen-bond acceptors (Lipinski definition) is 10. The van der Waals surface area contributed by atoms with Gasteiger partial charge in [0.1, 0.15) is 17.8 Å². The molecule has 31 heavy (non-hydrogen) atoms. The summed E-state index contributed by atoms with van der Waals surface area (Å²) in [6.07, 6.45) is 2.10. The van der Waals surface area contributed by atoms with Crippen LogP contribution in [0.4, 0.5) is 17.6 Å². The van der Waals surface area contributed by atoms with Crippen LogP contribution in [0.2, 0.25) is 0 Å². The maximum Gasteiger partial charge on any atom is 0.226 e. The second-order valence-electron chi connectivity index (χ2n) is 8.57. The largest absolute Gasteiger partial charge is 0.359 e. The summed E-state index contributed by atoms with van der Waals surface area (Å²) in [4.78, 5) is 11.7. The number of nitrogens with zero attached hydrogens (tertiary/aromatic N) is 4. The normalized spacial score (nSPS) is 19.0.